The van der Waals surface area contributed by atoms with Crippen LogP contribution < -0.4 is 0 Å². The number of nitriles is 2. The summed E-state index contributed by atoms with van der Waals surface area (Å²) in [5.41, 5.74) is 27.6. The van der Waals surface area contributed by atoms with Crippen molar-refractivity contribution in [2.24, 2.45) is 0 Å². The molecule has 0 spiro atoms. The largest absolute Gasteiger partial charge is 0.292 e. The number of para-hydroxylation sites is 7. The van der Waals surface area contributed by atoms with E-state index in [9.17, 15) is 10.5 Å². The van der Waals surface area contributed by atoms with Crippen LogP contribution in [0.3, 0.4) is 0 Å². The van der Waals surface area contributed by atoms with E-state index in [2.05, 4.69) is 322 Å². The van der Waals surface area contributed by atoms with E-state index in [1.54, 1.807) is 6.20 Å². The molecule has 15 aromatic carbocycles. The highest BCUT2D eigenvalue weighted by molar-refractivity contribution is 6.07. The Morgan fingerprint density at radius 2 is 0.613 bits per heavy atom. The molecule has 0 atom stereocenters. The number of imidazole rings is 2. The lowest BCUT2D eigenvalue weighted by molar-refractivity contribution is 1.10. The Kier molecular flexibility index (Phi) is 16.6. The van der Waals surface area contributed by atoms with Crippen LogP contribution >= 0.6 is 0 Å². The van der Waals surface area contributed by atoms with Crippen LogP contribution in [0.15, 0.2) is 376 Å². The molecule has 8 nitrogen and oxygen atoms in total. The summed E-state index contributed by atoms with van der Waals surface area (Å²) in [5, 5.41) is 25.9. The maximum atomic E-state index is 10.1. The van der Waals surface area contributed by atoms with E-state index in [0.29, 0.717) is 11.1 Å². The molecule has 19 rings (SSSR count). The van der Waals surface area contributed by atoms with Crippen LogP contribution in [0, 0.1) is 22.7 Å². The summed E-state index contributed by atoms with van der Waals surface area (Å²) >= 11 is 0. The second-order valence-electron chi connectivity index (χ2n) is 26.3. The number of rotatable bonds is 12. The number of aromatic nitrogens is 6. The van der Waals surface area contributed by atoms with Crippen molar-refractivity contribution in [1.29, 1.82) is 10.5 Å². The molecule has 0 amide bonds. The molecule has 19 aromatic rings. The van der Waals surface area contributed by atoms with Crippen molar-refractivity contribution in [3.8, 4) is 135 Å². The molecular weight excluding hydrogens is 1290 g/mol. The van der Waals surface area contributed by atoms with Crippen molar-refractivity contribution in [3.05, 3.63) is 388 Å². The second-order valence-corrected chi connectivity index (χ2v) is 26.3. The standard InChI is InChI=1S/C51H32N4.C47H30N4/c52-33-34-30-40(35-19-21-37(22-20-35)45-16-8-10-38-11-9-29-53-50(38)45)32-41(31-34)44-28-27-43(46-14-4-5-15-47(44)46)36-23-25-39(26-24-36)51-54-48-17-6-7-18-49(48)55(51)42-12-2-1-3-13-42;48-31-32-28-37(33-17-21-35(22-18-33)44-14-8-9-27-49-44)30-38(29-32)41-26-25-40(42-12-4-5-13-43(41)42)34-19-23-36(24-20-34)47-50-45-15-6-7-16-46(45)51(47)39-10-2-1-3-11-39/h1-32H;1-30H. The van der Waals surface area contributed by atoms with Crippen LogP contribution in [0.5, 0.6) is 0 Å². The van der Waals surface area contributed by atoms with E-state index in [1.807, 2.05) is 79.0 Å². The monoisotopic (exact) mass is 1350 g/mol. The minimum Gasteiger partial charge on any atom is -0.292 e. The molecule has 0 radical (unpaired) electrons. The van der Waals surface area contributed by atoms with E-state index < -0.39 is 0 Å². The van der Waals surface area contributed by atoms with Gasteiger partial charge in [0.25, 0.3) is 0 Å². The van der Waals surface area contributed by atoms with Crippen LogP contribution in [0.1, 0.15) is 11.1 Å². The maximum Gasteiger partial charge on any atom is 0.145 e. The molecule has 8 heteroatoms. The Bertz CT molecular complexity index is 6600. The molecule has 0 aliphatic heterocycles. The fourth-order valence-corrected chi connectivity index (χ4v) is 14.9. The molecule has 0 saturated carbocycles. The zero-order valence-electron chi connectivity index (χ0n) is 57.4. The van der Waals surface area contributed by atoms with Gasteiger partial charge in [0, 0.05) is 51.4 Å². The molecular formula is C98H62N8. The van der Waals surface area contributed by atoms with Gasteiger partial charge in [-0.1, -0.05) is 261 Å². The average molecular weight is 1350 g/mol. The first kappa shape index (κ1) is 63.5. The van der Waals surface area contributed by atoms with Crippen LogP contribution in [-0.4, -0.2) is 29.1 Å². The zero-order valence-corrected chi connectivity index (χ0v) is 57.4. The van der Waals surface area contributed by atoms with Gasteiger partial charge in [0.2, 0.25) is 0 Å². The lowest BCUT2D eigenvalue weighted by Gasteiger charge is -2.14. The second kappa shape index (κ2) is 27.7. The molecule has 0 aliphatic rings. The Morgan fingerprint density at radius 1 is 0.245 bits per heavy atom. The van der Waals surface area contributed by atoms with E-state index in [4.69, 9.17) is 9.97 Å². The Morgan fingerprint density at radius 3 is 1.07 bits per heavy atom. The third-order valence-corrected chi connectivity index (χ3v) is 20.0. The predicted octanol–water partition coefficient (Wildman–Crippen LogP) is 24.7. The minimum atomic E-state index is 0.625. The number of hydrogen-bond donors (Lipinski definition) is 0. The molecule has 0 unspecified atom stereocenters. The number of fused-ring (bicyclic) bond motifs is 5. The summed E-state index contributed by atoms with van der Waals surface area (Å²) < 4.78 is 4.46. The number of benzene rings is 15. The molecule has 0 saturated heterocycles. The van der Waals surface area contributed by atoms with E-state index in [1.165, 1.54) is 0 Å². The molecule has 106 heavy (non-hydrogen) atoms. The van der Waals surface area contributed by atoms with Gasteiger partial charge in [-0.2, -0.15) is 10.5 Å². The van der Waals surface area contributed by atoms with Crippen LogP contribution in [0.25, 0.3) is 178 Å². The maximum absolute atomic E-state index is 10.1. The van der Waals surface area contributed by atoms with Crippen molar-refractivity contribution in [2.75, 3.05) is 0 Å². The van der Waals surface area contributed by atoms with Crippen LogP contribution in [0.2, 0.25) is 0 Å². The topological polar surface area (TPSA) is 109 Å². The first-order valence-electron chi connectivity index (χ1n) is 35.3. The molecule has 0 N–H and O–H groups in total. The summed E-state index contributed by atoms with van der Waals surface area (Å²) in [6, 6.07) is 131. The Labute approximate surface area is 613 Å². The highest BCUT2D eigenvalue weighted by Gasteiger charge is 2.20. The third kappa shape index (κ3) is 12.1. The lowest BCUT2D eigenvalue weighted by Crippen LogP contribution is -1.97. The quantitative estimate of drug-likeness (QED) is 0.121. The highest BCUT2D eigenvalue weighted by Crippen LogP contribution is 2.42. The first-order chi connectivity index (χ1) is 52.4. The van der Waals surface area contributed by atoms with Gasteiger partial charge in [-0.15, -0.1) is 0 Å². The van der Waals surface area contributed by atoms with E-state index in [0.717, 1.165) is 178 Å². The fraction of sp³-hybridized carbons (Fsp3) is 0. The van der Waals surface area contributed by atoms with Crippen molar-refractivity contribution < 1.29 is 0 Å². The van der Waals surface area contributed by atoms with Crippen molar-refractivity contribution in [3.63, 3.8) is 0 Å². The van der Waals surface area contributed by atoms with Gasteiger partial charge < -0.3 is 0 Å². The summed E-state index contributed by atoms with van der Waals surface area (Å²) in [4.78, 5) is 19.3. The van der Waals surface area contributed by atoms with Gasteiger partial charge in [-0.05, 0) is 197 Å². The van der Waals surface area contributed by atoms with Crippen LogP contribution in [-0.2, 0) is 0 Å². The normalized spacial score (nSPS) is 11.2. The SMILES string of the molecule is N#Cc1cc(-c2ccc(-c3cccc4cccnc34)cc2)cc(-c2ccc(-c3ccc(-c4nc5ccccc5n4-c4ccccc4)cc3)c3ccccc23)c1.N#Cc1cc(-c2ccc(-c3ccccn3)cc2)cc(-c2ccc(-c3ccc(-c4nc5ccccc5n4-c4ccccc4)cc3)c3ccccc23)c1. The lowest BCUT2D eigenvalue weighted by atomic mass is 9.89. The molecule has 0 bridgehead atoms. The van der Waals surface area contributed by atoms with E-state index >= 15 is 0 Å². The number of nitrogens with zero attached hydrogens (tertiary/aromatic N) is 8. The summed E-state index contributed by atoms with van der Waals surface area (Å²) in [6.45, 7) is 0. The van der Waals surface area contributed by atoms with Crippen molar-refractivity contribution in [1.82, 2.24) is 29.1 Å². The molecule has 4 aromatic heterocycles. The summed E-state index contributed by atoms with van der Waals surface area (Å²) in [7, 11) is 0. The smallest absolute Gasteiger partial charge is 0.145 e. The van der Waals surface area contributed by atoms with Gasteiger partial charge in [0.15, 0.2) is 0 Å². The number of hydrogen-bond acceptors (Lipinski definition) is 6. The highest BCUT2D eigenvalue weighted by atomic mass is 15.1. The van der Waals surface area contributed by atoms with Crippen molar-refractivity contribution >= 4 is 54.5 Å². The van der Waals surface area contributed by atoms with Crippen molar-refractivity contribution in [2.45, 2.75) is 0 Å². The van der Waals surface area contributed by atoms with Gasteiger partial charge in [0.05, 0.1) is 56.5 Å². The summed E-state index contributed by atoms with van der Waals surface area (Å²) in [6.07, 6.45) is 3.65. The van der Waals surface area contributed by atoms with Gasteiger partial charge >= 0.3 is 0 Å². The predicted molar refractivity (Wildman–Crippen MR) is 434 cm³/mol. The van der Waals surface area contributed by atoms with Gasteiger partial charge in [-0.25, -0.2) is 9.97 Å². The fourth-order valence-electron chi connectivity index (χ4n) is 14.9. The average Bonchev–Trinajstić information content (AvgIpc) is 0.775. The zero-order chi connectivity index (χ0) is 70.9. The summed E-state index contributed by atoms with van der Waals surface area (Å²) in [5.74, 6) is 1.82. The molecule has 4 heterocycles. The molecule has 0 fully saturated rings. The van der Waals surface area contributed by atoms with Crippen LogP contribution in [0.4, 0.5) is 0 Å². The third-order valence-electron chi connectivity index (χ3n) is 20.0. The molecule has 0 aliphatic carbocycles. The van der Waals surface area contributed by atoms with Gasteiger partial charge in [0.1, 0.15) is 11.6 Å². The first-order valence-corrected chi connectivity index (χ1v) is 35.3. The Hall–Kier alpha value is -14.7. The number of pyridine rings is 2. The van der Waals surface area contributed by atoms with Gasteiger partial charge in [-0.3, -0.25) is 19.1 Å². The Balaban J connectivity index is 0.000000151. The minimum absolute atomic E-state index is 0.625. The molecule has 494 valence electrons. The van der Waals surface area contributed by atoms with E-state index in [-0.39, 0.29) is 0 Å².